The summed E-state index contributed by atoms with van der Waals surface area (Å²) in [6.45, 7) is 4.51. The number of carbonyl (C=O) groups excluding carboxylic acids is 1. The van der Waals surface area contributed by atoms with Gasteiger partial charge < -0.3 is 5.32 Å². The van der Waals surface area contributed by atoms with Crippen molar-refractivity contribution in [2.45, 2.75) is 58.5 Å². The van der Waals surface area contributed by atoms with E-state index < -0.39 is 18.0 Å². The van der Waals surface area contributed by atoms with E-state index >= 15 is 0 Å². The van der Waals surface area contributed by atoms with Gasteiger partial charge >= 0.3 is 6.18 Å². The number of halogens is 3. The van der Waals surface area contributed by atoms with Gasteiger partial charge in [-0.05, 0) is 32.6 Å². The van der Waals surface area contributed by atoms with Gasteiger partial charge in [-0.3, -0.25) is 4.79 Å². The zero-order chi connectivity index (χ0) is 17.0. The van der Waals surface area contributed by atoms with Crippen LogP contribution in [0.5, 0.6) is 0 Å². The van der Waals surface area contributed by atoms with Crippen molar-refractivity contribution in [2.75, 3.05) is 6.54 Å². The normalized spacial score (nSPS) is 22.1. The Morgan fingerprint density at radius 1 is 1.39 bits per heavy atom. The minimum atomic E-state index is -4.19. The number of carbonyl (C=O) groups is 1. The number of rotatable bonds is 5. The molecule has 1 aromatic heterocycles. The zero-order valence-corrected chi connectivity index (χ0v) is 14.3. The molecule has 2 atom stereocenters. The Balaban J connectivity index is 1.80. The maximum atomic E-state index is 12.8. The molecule has 23 heavy (non-hydrogen) atoms. The number of alkyl halides is 3. The second-order valence-corrected chi connectivity index (χ2v) is 7.39. The Labute approximate surface area is 138 Å². The third kappa shape index (κ3) is 4.93. The molecule has 1 aliphatic carbocycles. The number of aryl methyl sites for hydroxylation is 2. The van der Waals surface area contributed by atoms with E-state index in [1.807, 2.05) is 13.8 Å². The van der Waals surface area contributed by atoms with Gasteiger partial charge in [0.1, 0.15) is 0 Å². The average molecular weight is 348 g/mol. The monoisotopic (exact) mass is 348 g/mol. The topological polar surface area (TPSA) is 42.0 Å². The zero-order valence-electron chi connectivity index (χ0n) is 13.5. The van der Waals surface area contributed by atoms with Crippen molar-refractivity contribution in [2.24, 2.45) is 11.8 Å². The van der Waals surface area contributed by atoms with Crippen LogP contribution < -0.4 is 5.32 Å². The second kappa shape index (κ2) is 7.64. The molecule has 3 nitrogen and oxygen atoms in total. The van der Waals surface area contributed by atoms with Crippen LogP contribution in [0.25, 0.3) is 0 Å². The van der Waals surface area contributed by atoms with E-state index in [-0.39, 0.29) is 18.7 Å². The summed E-state index contributed by atoms with van der Waals surface area (Å²) in [6.07, 6.45) is -1.59. The van der Waals surface area contributed by atoms with Gasteiger partial charge in [0.25, 0.3) is 0 Å². The van der Waals surface area contributed by atoms with Crippen molar-refractivity contribution in [3.8, 4) is 0 Å². The second-order valence-electron chi connectivity index (χ2n) is 6.11. The highest BCUT2D eigenvalue weighted by Crippen LogP contribution is 2.39. The van der Waals surface area contributed by atoms with Gasteiger partial charge in [-0.25, -0.2) is 4.98 Å². The quantitative estimate of drug-likeness (QED) is 0.872. The number of thiazole rings is 1. The molecule has 1 saturated carbocycles. The van der Waals surface area contributed by atoms with Gasteiger partial charge in [-0.2, -0.15) is 13.2 Å². The van der Waals surface area contributed by atoms with Gasteiger partial charge in [0.05, 0.1) is 16.6 Å². The number of nitrogens with zero attached hydrogens (tertiary/aromatic N) is 1. The lowest BCUT2D eigenvalue weighted by molar-refractivity contribution is -0.186. The van der Waals surface area contributed by atoms with Crippen LogP contribution in [0.15, 0.2) is 0 Å². The molecular formula is C16H23F3N2OS. The highest BCUT2D eigenvalue weighted by atomic mass is 32.1. The van der Waals surface area contributed by atoms with Crippen LogP contribution in [0.2, 0.25) is 0 Å². The summed E-state index contributed by atoms with van der Waals surface area (Å²) in [5.41, 5.74) is 1.08. The highest BCUT2D eigenvalue weighted by Gasteiger charge is 2.43. The Kier molecular flexibility index (Phi) is 6.06. The SMILES string of the molecule is CCc1nc(CCNC(=O)[C@H]2CCC[C@@H](C(F)(F)F)C2)sc1C. The van der Waals surface area contributed by atoms with Gasteiger partial charge in [0, 0.05) is 23.8 Å². The van der Waals surface area contributed by atoms with E-state index in [0.717, 1.165) is 17.1 Å². The van der Waals surface area contributed by atoms with Crippen LogP contribution >= 0.6 is 11.3 Å². The first-order valence-corrected chi connectivity index (χ1v) is 8.92. The first-order valence-electron chi connectivity index (χ1n) is 8.10. The van der Waals surface area contributed by atoms with E-state index in [2.05, 4.69) is 10.3 Å². The Bertz CT molecular complexity index is 542. The van der Waals surface area contributed by atoms with Crippen LogP contribution in [-0.2, 0) is 17.6 Å². The molecule has 1 aromatic rings. The van der Waals surface area contributed by atoms with E-state index in [0.29, 0.717) is 25.8 Å². The van der Waals surface area contributed by atoms with Crippen molar-refractivity contribution >= 4 is 17.2 Å². The van der Waals surface area contributed by atoms with E-state index in [4.69, 9.17) is 0 Å². The molecule has 0 unspecified atom stereocenters. The molecule has 0 saturated heterocycles. The lowest BCUT2D eigenvalue weighted by Gasteiger charge is -2.29. The Morgan fingerprint density at radius 3 is 2.74 bits per heavy atom. The number of aromatic nitrogens is 1. The molecule has 1 heterocycles. The smallest absolute Gasteiger partial charge is 0.355 e. The standard InChI is InChI=1S/C16H23F3N2OS/c1-3-13-10(2)23-14(21-13)7-8-20-15(22)11-5-4-6-12(9-11)16(17,18)19/h11-12H,3-9H2,1-2H3,(H,20,22)/t11-,12+/m0/s1. The minimum absolute atomic E-state index is 0.0777. The number of amides is 1. The van der Waals surface area contributed by atoms with Crippen molar-refractivity contribution in [3.05, 3.63) is 15.6 Å². The minimum Gasteiger partial charge on any atom is -0.355 e. The van der Waals surface area contributed by atoms with Gasteiger partial charge in [0.2, 0.25) is 5.91 Å². The molecule has 0 radical (unpaired) electrons. The summed E-state index contributed by atoms with van der Waals surface area (Å²) in [4.78, 5) is 17.8. The van der Waals surface area contributed by atoms with Crippen LogP contribution in [0.1, 0.15) is 48.2 Å². The first-order chi connectivity index (χ1) is 10.8. The summed E-state index contributed by atoms with van der Waals surface area (Å²) in [7, 11) is 0. The third-order valence-corrected chi connectivity index (χ3v) is 5.49. The van der Waals surface area contributed by atoms with Crippen molar-refractivity contribution in [3.63, 3.8) is 0 Å². The maximum Gasteiger partial charge on any atom is 0.391 e. The molecule has 1 aliphatic rings. The molecule has 1 fully saturated rings. The fourth-order valence-corrected chi connectivity index (χ4v) is 4.11. The predicted molar refractivity (Wildman–Crippen MR) is 84.4 cm³/mol. The average Bonchev–Trinajstić information content (AvgIpc) is 2.86. The predicted octanol–water partition coefficient (Wildman–Crippen LogP) is 4.04. The molecule has 130 valence electrons. The fraction of sp³-hybridized carbons (Fsp3) is 0.750. The Hall–Kier alpha value is -1.11. The molecule has 0 bridgehead atoms. The molecule has 2 rings (SSSR count). The first kappa shape index (κ1) is 18.2. The fourth-order valence-electron chi connectivity index (χ4n) is 3.08. The summed E-state index contributed by atoms with van der Waals surface area (Å²) in [6, 6.07) is 0. The van der Waals surface area contributed by atoms with E-state index in [1.54, 1.807) is 11.3 Å². The van der Waals surface area contributed by atoms with Gasteiger partial charge in [-0.1, -0.05) is 13.3 Å². The van der Waals surface area contributed by atoms with Crippen molar-refractivity contribution < 1.29 is 18.0 Å². The highest BCUT2D eigenvalue weighted by molar-refractivity contribution is 7.11. The van der Waals surface area contributed by atoms with Crippen LogP contribution in [-0.4, -0.2) is 23.6 Å². The molecular weight excluding hydrogens is 325 g/mol. The molecule has 0 aromatic carbocycles. The van der Waals surface area contributed by atoms with Crippen LogP contribution in [0, 0.1) is 18.8 Å². The number of hydrogen-bond donors (Lipinski definition) is 1. The number of hydrogen-bond acceptors (Lipinski definition) is 3. The number of nitrogens with one attached hydrogen (secondary N) is 1. The largest absolute Gasteiger partial charge is 0.391 e. The lowest BCUT2D eigenvalue weighted by Crippen LogP contribution is -2.38. The van der Waals surface area contributed by atoms with Gasteiger partial charge in [0.15, 0.2) is 0 Å². The van der Waals surface area contributed by atoms with Crippen molar-refractivity contribution in [1.82, 2.24) is 10.3 Å². The maximum absolute atomic E-state index is 12.8. The summed E-state index contributed by atoms with van der Waals surface area (Å²) < 4.78 is 38.4. The summed E-state index contributed by atoms with van der Waals surface area (Å²) in [5.74, 6) is -2.09. The Morgan fingerprint density at radius 2 is 2.13 bits per heavy atom. The molecule has 7 heteroatoms. The molecule has 1 amide bonds. The molecule has 0 spiro atoms. The van der Waals surface area contributed by atoms with Crippen LogP contribution in [0.4, 0.5) is 13.2 Å². The van der Waals surface area contributed by atoms with Gasteiger partial charge in [-0.15, -0.1) is 11.3 Å². The molecule has 0 aliphatic heterocycles. The van der Waals surface area contributed by atoms with Crippen LogP contribution in [0.3, 0.4) is 0 Å². The van der Waals surface area contributed by atoms with Crippen molar-refractivity contribution in [1.29, 1.82) is 0 Å². The summed E-state index contributed by atoms with van der Waals surface area (Å²) >= 11 is 1.62. The lowest BCUT2D eigenvalue weighted by atomic mass is 9.80. The summed E-state index contributed by atoms with van der Waals surface area (Å²) in [5, 5.41) is 3.75. The molecule has 1 N–H and O–H groups in total. The van der Waals surface area contributed by atoms with E-state index in [1.165, 1.54) is 4.88 Å². The van der Waals surface area contributed by atoms with E-state index in [9.17, 15) is 18.0 Å². The third-order valence-electron chi connectivity index (χ3n) is 4.42.